The molecule has 0 saturated heterocycles. The van der Waals surface area contributed by atoms with Crippen molar-refractivity contribution in [3.8, 4) is 0 Å². The average Bonchev–Trinajstić information content (AvgIpc) is 2.05. The molecule has 0 saturated carbocycles. The highest BCUT2D eigenvalue weighted by atomic mass is 35.6. The molecule has 0 fully saturated rings. The molecule has 0 nitrogen and oxygen atoms in total. The van der Waals surface area contributed by atoms with Crippen LogP contribution in [0.4, 0.5) is 13.2 Å². The van der Waals surface area contributed by atoms with Gasteiger partial charge in [0.1, 0.15) is 0 Å². The summed E-state index contributed by atoms with van der Waals surface area (Å²) in [5.41, 5.74) is -1.68. The molecule has 0 unspecified atom stereocenters. The molecule has 0 heterocycles. The van der Waals surface area contributed by atoms with Gasteiger partial charge in [-0.2, -0.15) is 13.2 Å². The van der Waals surface area contributed by atoms with Gasteiger partial charge in [-0.05, 0) is 12.1 Å². The highest BCUT2D eigenvalue weighted by molar-refractivity contribution is 6.66. The lowest BCUT2D eigenvalue weighted by molar-refractivity contribution is -0.138. The van der Waals surface area contributed by atoms with Crippen molar-refractivity contribution in [2.45, 2.75) is 9.97 Å². The zero-order valence-electron chi connectivity index (χ0n) is 7.18. The summed E-state index contributed by atoms with van der Waals surface area (Å²) < 4.78 is 35.6. The van der Waals surface area contributed by atoms with Gasteiger partial charge in [-0.15, -0.1) is 0 Å². The predicted molar refractivity (Wildman–Crippen MR) is 60.7 cm³/mol. The smallest absolute Gasteiger partial charge is 0.166 e. The van der Waals surface area contributed by atoms with Crippen molar-refractivity contribution in [1.29, 1.82) is 0 Å². The van der Waals surface area contributed by atoms with Crippen LogP contribution in [0.3, 0.4) is 0 Å². The Morgan fingerprint density at radius 1 is 0.812 bits per heavy atom. The Morgan fingerprint density at radius 2 is 1.19 bits per heavy atom. The second-order valence-corrected chi connectivity index (χ2v) is 5.90. The minimum Gasteiger partial charge on any atom is -0.166 e. The summed E-state index contributed by atoms with van der Waals surface area (Å²) in [5.74, 6) is 0. The molecule has 0 N–H and O–H groups in total. The molecule has 0 aliphatic rings. The van der Waals surface area contributed by atoms with Gasteiger partial charge in [0.25, 0.3) is 0 Å². The van der Waals surface area contributed by atoms with E-state index in [-0.39, 0.29) is 10.0 Å². The van der Waals surface area contributed by atoms with E-state index in [4.69, 9.17) is 58.0 Å². The van der Waals surface area contributed by atoms with Crippen LogP contribution >= 0.6 is 58.0 Å². The fourth-order valence-corrected chi connectivity index (χ4v) is 1.81. The number of benzene rings is 1. The molecule has 0 aliphatic heterocycles. The SMILES string of the molecule is FC(F)(F)c1cc(Cl)c(Cl)cc1C(Cl)(Cl)Cl. The number of hydrogen-bond acceptors (Lipinski definition) is 0. The van der Waals surface area contributed by atoms with Crippen LogP contribution in [0.5, 0.6) is 0 Å². The summed E-state index contributed by atoms with van der Waals surface area (Å²) in [4.78, 5) is 0. The van der Waals surface area contributed by atoms with Crippen molar-refractivity contribution in [1.82, 2.24) is 0 Å². The van der Waals surface area contributed by atoms with E-state index in [1.54, 1.807) is 0 Å². The van der Waals surface area contributed by atoms with E-state index in [0.29, 0.717) is 6.07 Å². The molecule has 0 amide bonds. The normalized spacial score (nSPS) is 13.0. The minimum atomic E-state index is -4.67. The third kappa shape index (κ3) is 3.23. The van der Waals surface area contributed by atoms with Gasteiger partial charge in [-0.1, -0.05) is 58.0 Å². The maximum atomic E-state index is 12.6. The molecule has 0 atom stereocenters. The van der Waals surface area contributed by atoms with Crippen LogP contribution < -0.4 is 0 Å². The number of halogens is 8. The highest BCUT2D eigenvalue weighted by Gasteiger charge is 2.40. The van der Waals surface area contributed by atoms with Gasteiger partial charge in [-0.3, -0.25) is 0 Å². The van der Waals surface area contributed by atoms with Gasteiger partial charge in [0.2, 0.25) is 3.79 Å². The van der Waals surface area contributed by atoms with E-state index in [0.717, 1.165) is 6.07 Å². The Labute approximate surface area is 114 Å². The Hall–Kier alpha value is 0.460. The Bertz CT molecular complexity index is 368. The molecule has 1 aromatic carbocycles. The molecule has 1 aromatic rings. The average molecular weight is 332 g/mol. The second-order valence-electron chi connectivity index (χ2n) is 2.81. The lowest BCUT2D eigenvalue weighted by atomic mass is 10.1. The summed E-state index contributed by atoms with van der Waals surface area (Å²) in [6.45, 7) is 0. The zero-order chi connectivity index (χ0) is 12.7. The molecule has 0 aliphatic carbocycles. The minimum absolute atomic E-state index is 0.115. The highest BCUT2D eigenvalue weighted by Crippen LogP contribution is 2.47. The molecule has 0 bridgehead atoms. The van der Waals surface area contributed by atoms with Crippen molar-refractivity contribution >= 4 is 58.0 Å². The van der Waals surface area contributed by atoms with Crippen molar-refractivity contribution in [2.75, 3.05) is 0 Å². The first-order valence-corrected chi connectivity index (χ1v) is 5.56. The predicted octanol–water partition coefficient (Wildman–Crippen LogP) is 5.84. The van der Waals surface area contributed by atoms with E-state index >= 15 is 0 Å². The second kappa shape index (κ2) is 4.62. The molecule has 16 heavy (non-hydrogen) atoms. The van der Waals surface area contributed by atoms with Gasteiger partial charge in [0.15, 0.2) is 0 Å². The summed E-state index contributed by atoms with van der Waals surface area (Å²) in [5, 5.41) is -0.372. The van der Waals surface area contributed by atoms with E-state index in [1.165, 1.54) is 0 Å². The van der Waals surface area contributed by atoms with Gasteiger partial charge in [0.05, 0.1) is 15.6 Å². The molecule has 0 radical (unpaired) electrons. The summed E-state index contributed by atoms with van der Waals surface area (Å²) in [6, 6.07) is 1.51. The first-order valence-electron chi connectivity index (χ1n) is 3.67. The van der Waals surface area contributed by atoms with Crippen LogP contribution in [0.2, 0.25) is 10.0 Å². The van der Waals surface area contributed by atoms with Crippen LogP contribution in [0, 0.1) is 0 Å². The largest absolute Gasteiger partial charge is 0.416 e. The lowest BCUT2D eigenvalue weighted by Gasteiger charge is -2.19. The molecular weight excluding hydrogens is 330 g/mol. The van der Waals surface area contributed by atoms with Crippen molar-refractivity contribution < 1.29 is 13.2 Å². The van der Waals surface area contributed by atoms with Crippen LogP contribution in [0.25, 0.3) is 0 Å². The summed E-state index contributed by atoms with van der Waals surface area (Å²) in [6.07, 6.45) is -4.67. The van der Waals surface area contributed by atoms with E-state index in [2.05, 4.69) is 0 Å². The van der Waals surface area contributed by atoms with E-state index < -0.39 is 21.1 Å². The van der Waals surface area contributed by atoms with Crippen molar-refractivity contribution in [3.63, 3.8) is 0 Å². The van der Waals surface area contributed by atoms with Crippen LogP contribution in [0.1, 0.15) is 11.1 Å². The third-order valence-electron chi connectivity index (χ3n) is 1.67. The molecule has 90 valence electrons. The monoisotopic (exact) mass is 330 g/mol. The molecule has 8 heteroatoms. The maximum absolute atomic E-state index is 12.6. The van der Waals surface area contributed by atoms with Crippen LogP contribution in [0.15, 0.2) is 12.1 Å². The number of alkyl halides is 6. The summed E-state index contributed by atoms with van der Waals surface area (Å²) in [7, 11) is 0. The van der Waals surface area contributed by atoms with Crippen molar-refractivity contribution in [3.05, 3.63) is 33.3 Å². The number of hydrogen-bond donors (Lipinski definition) is 0. The number of rotatable bonds is 0. The van der Waals surface area contributed by atoms with Crippen molar-refractivity contribution in [2.24, 2.45) is 0 Å². The standard InChI is InChI=1S/C8H2Cl5F3/c9-5-1-3(7(11,12)13)4(2-6(5)10)8(14,15)16/h1-2H. The topological polar surface area (TPSA) is 0 Å². The Kier molecular flexibility index (Phi) is 4.19. The Balaban J connectivity index is 3.53. The van der Waals surface area contributed by atoms with Gasteiger partial charge in [0, 0.05) is 5.56 Å². The first kappa shape index (κ1) is 14.5. The fourth-order valence-electron chi connectivity index (χ4n) is 1.02. The molecule has 0 aromatic heterocycles. The summed E-state index contributed by atoms with van der Waals surface area (Å²) >= 11 is 27.3. The molecule has 1 rings (SSSR count). The van der Waals surface area contributed by atoms with Crippen LogP contribution in [-0.2, 0) is 9.97 Å². The fraction of sp³-hybridized carbons (Fsp3) is 0.250. The molecule has 0 spiro atoms. The van der Waals surface area contributed by atoms with Crippen LogP contribution in [-0.4, -0.2) is 0 Å². The third-order valence-corrected chi connectivity index (χ3v) is 3.00. The quantitative estimate of drug-likeness (QED) is 0.524. The zero-order valence-corrected chi connectivity index (χ0v) is 11.0. The van der Waals surface area contributed by atoms with Gasteiger partial charge < -0.3 is 0 Å². The maximum Gasteiger partial charge on any atom is 0.416 e. The lowest BCUT2D eigenvalue weighted by Crippen LogP contribution is -2.14. The van der Waals surface area contributed by atoms with E-state index in [1.807, 2.05) is 0 Å². The van der Waals surface area contributed by atoms with E-state index in [9.17, 15) is 13.2 Å². The molecular formula is C8H2Cl5F3. The first-order chi connectivity index (χ1) is 7.03. The Morgan fingerprint density at radius 3 is 1.50 bits per heavy atom. The van der Waals surface area contributed by atoms with Gasteiger partial charge in [-0.25, -0.2) is 0 Å². The van der Waals surface area contributed by atoms with Gasteiger partial charge >= 0.3 is 6.18 Å².